The molecule has 0 radical (unpaired) electrons. The number of phenolic OH excluding ortho intramolecular Hbond substituents is 1. The molecule has 0 amide bonds. The van der Waals surface area contributed by atoms with E-state index in [1.54, 1.807) is 12.1 Å². The maximum atomic E-state index is 9.41. The van der Waals surface area contributed by atoms with E-state index in [1.807, 2.05) is 24.3 Å². The predicted octanol–water partition coefficient (Wildman–Crippen LogP) is 3.86. The van der Waals surface area contributed by atoms with Gasteiger partial charge in [-0.3, -0.25) is 0 Å². The Morgan fingerprint density at radius 3 is 2.33 bits per heavy atom. The van der Waals surface area contributed by atoms with Crippen molar-refractivity contribution in [2.24, 2.45) is 0 Å². The Balaban J connectivity index is 1.87. The highest BCUT2D eigenvalue weighted by atomic mass is 16.5. The summed E-state index contributed by atoms with van der Waals surface area (Å²) in [7, 11) is 0. The molecule has 112 valence electrons. The standard InChI is InChI=1S/C18H23NO2/c1-18(2,3)19-12-14-7-9-17(10-8-14)21-13-15-5-4-6-16(20)11-15/h4-11,19-20H,12-13H2,1-3H3. The lowest BCUT2D eigenvalue weighted by atomic mass is 10.1. The average Bonchev–Trinajstić information content (AvgIpc) is 2.43. The van der Waals surface area contributed by atoms with E-state index in [0.29, 0.717) is 6.61 Å². The molecule has 0 atom stereocenters. The van der Waals surface area contributed by atoms with Gasteiger partial charge in [0.2, 0.25) is 0 Å². The van der Waals surface area contributed by atoms with Gasteiger partial charge in [-0.1, -0.05) is 24.3 Å². The third kappa shape index (κ3) is 5.48. The molecule has 0 aliphatic carbocycles. The van der Waals surface area contributed by atoms with Crippen molar-refractivity contribution in [1.82, 2.24) is 5.32 Å². The van der Waals surface area contributed by atoms with E-state index >= 15 is 0 Å². The number of aromatic hydroxyl groups is 1. The molecule has 0 saturated heterocycles. The fourth-order valence-electron chi connectivity index (χ4n) is 1.88. The molecule has 0 heterocycles. The summed E-state index contributed by atoms with van der Waals surface area (Å²) in [5, 5.41) is 12.9. The largest absolute Gasteiger partial charge is 0.508 e. The van der Waals surface area contributed by atoms with Crippen molar-refractivity contribution in [2.75, 3.05) is 0 Å². The summed E-state index contributed by atoms with van der Waals surface area (Å²) in [4.78, 5) is 0. The van der Waals surface area contributed by atoms with Crippen molar-refractivity contribution in [1.29, 1.82) is 0 Å². The first kappa shape index (κ1) is 15.4. The molecule has 2 rings (SSSR count). The first-order chi connectivity index (χ1) is 9.92. The molecule has 2 N–H and O–H groups in total. The maximum absolute atomic E-state index is 9.41. The summed E-state index contributed by atoms with van der Waals surface area (Å²) in [5.41, 5.74) is 2.30. The van der Waals surface area contributed by atoms with Gasteiger partial charge in [-0.05, 0) is 56.2 Å². The van der Waals surface area contributed by atoms with Crippen molar-refractivity contribution in [3.05, 3.63) is 59.7 Å². The monoisotopic (exact) mass is 285 g/mol. The fourth-order valence-corrected chi connectivity index (χ4v) is 1.88. The minimum atomic E-state index is 0.116. The minimum absolute atomic E-state index is 0.116. The van der Waals surface area contributed by atoms with Gasteiger partial charge in [-0.25, -0.2) is 0 Å². The Morgan fingerprint density at radius 2 is 1.71 bits per heavy atom. The number of hydrogen-bond donors (Lipinski definition) is 2. The van der Waals surface area contributed by atoms with Crippen LogP contribution in [-0.2, 0) is 13.2 Å². The highest BCUT2D eigenvalue weighted by molar-refractivity contribution is 5.29. The van der Waals surface area contributed by atoms with Crippen molar-refractivity contribution in [2.45, 2.75) is 39.5 Å². The van der Waals surface area contributed by atoms with Gasteiger partial charge in [0.25, 0.3) is 0 Å². The van der Waals surface area contributed by atoms with Gasteiger partial charge in [0.05, 0.1) is 0 Å². The van der Waals surface area contributed by atoms with Crippen LogP contribution in [0.25, 0.3) is 0 Å². The molecule has 21 heavy (non-hydrogen) atoms. The van der Waals surface area contributed by atoms with E-state index in [2.05, 4.69) is 38.2 Å². The Bertz CT molecular complexity index is 571. The summed E-state index contributed by atoms with van der Waals surface area (Å²) in [6, 6.07) is 15.2. The zero-order valence-corrected chi connectivity index (χ0v) is 12.9. The third-order valence-corrected chi connectivity index (χ3v) is 3.06. The number of benzene rings is 2. The number of rotatable bonds is 5. The topological polar surface area (TPSA) is 41.5 Å². The molecule has 3 nitrogen and oxygen atoms in total. The van der Waals surface area contributed by atoms with E-state index in [-0.39, 0.29) is 11.3 Å². The smallest absolute Gasteiger partial charge is 0.119 e. The molecule has 0 spiro atoms. The Kier molecular flexibility index (Phi) is 4.86. The Morgan fingerprint density at radius 1 is 1.00 bits per heavy atom. The second-order valence-corrected chi connectivity index (χ2v) is 6.21. The molecule has 2 aromatic carbocycles. The molecule has 0 unspecified atom stereocenters. The fraction of sp³-hybridized carbons (Fsp3) is 0.333. The van der Waals surface area contributed by atoms with Gasteiger partial charge in [-0.2, -0.15) is 0 Å². The number of nitrogens with one attached hydrogen (secondary N) is 1. The summed E-state index contributed by atoms with van der Waals surface area (Å²) in [5.74, 6) is 1.09. The van der Waals surface area contributed by atoms with Gasteiger partial charge < -0.3 is 15.2 Å². The summed E-state index contributed by atoms with van der Waals surface area (Å²) < 4.78 is 5.72. The van der Waals surface area contributed by atoms with Crippen LogP contribution in [0.2, 0.25) is 0 Å². The SMILES string of the molecule is CC(C)(C)NCc1ccc(OCc2cccc(O)c2)cc1. The molecule has 0 fully saturated rings. The molecule has 2 aromatic rings. The highest BCUT2D eigenvalue weighted by Crippen LogP contribution is 2.16. The van der Waals surface area contributed by atoms with E-state index in [1.165, 1.54) is 5.56 Å². The van der Waals surface area contributed by atoms with Crippen molar-refractivity contribution < 1.29 is 9.84 Å². The first-order valence-corrected chi connectivity index (χ1v) is 7.17. The average molecular weight is 285 g/mol. The van der Waals surface area contributed by atoms with Gasteiger partial charge >= 0.3 is 0 Å². The predicted molar refractivity (Wildman–Crippen MR) is 85.5 cm³/mol. The van der Waals surface area contributed by atoms with Crippen molar-refractivity contribution in [3.63, 3.8) is 0 Å². The van der Waals surface area contributed by atoms with Crippen LogP contribution in [0.1, 0.15) is 31.9 Å². The van der Waals surface area contributed by atoms with Gasteiger partial charge in [-0.15, -0.1) is 0 Å². The van der Waals surface area contributed by atoms with E-state index < -0.39 is 0 Å². The van der Waals surface area contributed by atoms with Crippen LogP contribution in [-0.4, -0.2) is 10.6 Å². The minimum Gasteiger partial charge on any atom is -0.508 e. The quantitative estimate of drug-likeness (QED) is 0.876. The van der Waals surface area contributed by atoms with Crippen LogP contribution in [0.3, 0.4) is 0 Å². The molecule has 3 heteroatoms. The van der Waals surface area contributed by atoms with Crippen LogP contribution >= 0.6 is 0 Å². The molecule has 0 saturated carbocycles. The van der Waals surface area contributed by atoms with Gasteiger partial charge in [0.15, 0.2) is 0 Å². The normalized spacial score (nSPS) is 11.4. The molecular formula is C18H23NO2. The molecule has 0 bridgehead atoms. The lowest BCUT2D eigenvalue weighted by Gasteiger charge is -2.20. The molecule has 0 aliphatic rings. The van der Waals surface area contributed by atoms with E-state index in [0.717, 1.165) is 17.9 Å². The zero-order valence-electron chi connectivity index (χ0n) is 12.9. The van der Waals surface area contributed by atoms with Crippen molar-refractivity contribution >= 4 is 0 Å². The summed E-state index contributed by atoms with van der Waals surface area (Å²) in [6.07, 6.45) is 0. The van der Waals surface area contributed by atoms with Gasteiger partial charge in [0, 0.05) is 12.1 Å². The van der Waals surface area contributed by atoms with Crippen LogP contribution < -0.4 is 10.1 Å². The first-order valence-electron chi connectivity index (χ1n) is 7.17. The van der Waals surface area contributed by atoms with Crippen LogP contribution in [0.15, 0.2) is 48.5 Å². The molecular weight excluding hydrogens is 262 g/mol. The van der Waals surface area contributed by atoms with Crippen LogP contribution in [0.5, 0.6) is 11.5 Å². The molecule has 0 aromatic heterocycles. The lowest BCUT2D eigenvalue weighted by molar-refractivity contribution is 0.305. The van der Waals surface area contributed by atoms with Crippen molar-refractivity contribution in [3.8, 4) is 11.5 Å². The number of ether oxygens (including phenoxy) is 1. The Hall–Kier alpha value is -2.00. The molecule has 0 aliphatic heterocycles. The highest BCUT2D eigenvalue weighted by Gasteiger charge is 2.08. The summed E-state index contributed by atoms with van der Waals surface area (Å²) in [6.45, 7) is 7.75. The van der Waals surface area contributed by atoms with E-state index in [9.17, 15) is 5.11 Å². The second kappa shape index (κ2) is 6.64. The third-order valence-electron chi connectivity index (χ3n) is 3.06. The van der Waals surface area contributed by atoms with Crippen LogP contribution in [0.4, 0.5) is 0 Å². The number of phenols is 1. The Labute approximate surface area is 126 Å². The second-order valence-electron chi connectivity index (χ2n) is 6.21. The van der Waals surface area contributed by atoms with E-state index in [4.69, 9.17) is 4.74 Å². The maximum Gasteiger partial charge on any atom is 0.119 e. The lowest BCUT2D eigenvalue weighted by Crippen LogP contribution is -2.34. The zero-order chi connectivity index (χ0) is 15.3. The summed E-state index contributed by atoms with van der Waals surface area (Å²) >= 11 is 0. The van der Waals surface area contributed by atoms with Gasteiger partial charge in [0.1, 0.15) is 18.1 Å². The van der Waals surface area contributed by atoms with Crippen LogP contribution in [0, 0.1) is 0 Å². The number of hydrogen-bond acceptors (Lipinski definition) is 3.